The summed E-state index contributed by atoms with van der Waals surface area (Å²) in [6.45, 7) is 4.15. The van der Waals surface area contributed by atoms with Crippen molar-refractivity contribution in [3.63, 3.8) is 0 Å². The van der Waals surface area contributed by atoms with E-state index in [4.69, 9.17) is 4.74 Å². The maximum atomic E-state index is 12.2. The Morgan fingerprint density at radius 3 is 1.88 bits per heavy atom. The number of fused-ring (bicyclic) bond motifs is 6. The molecule has 0 aromatic heterocycles. The van der Waals surface area contributed by atoms with Crippen LogP contribution in [-0.4, -0.2) is 23.8 Å². The molecule has 0 N–H and O–H groups in total. The molecule has 17 heavy (non-hydrogen) atoms. The van der Waals surface area contributed by atoms with Gasteiger partial charge < -0.3 is 4.74 Å². The van der Waals surface area contributed by atoms with E-state index < -0.39 is 12.2 Å². The van der Waals surface area contributed by atoms with Crippen LogP contribution in [0, 0.1) is 23.7 Å². The predicted octanol–water partition coefficient (Wildman–Crippen LogP) is 1.29. The number of allylic oxidation sites excluding steroid dienone is 4. The lowest BCUT2D eigenvalue weighted by Gasteiger charge is -2.26. The number of carbonyl (C=O) groups is 2. The molecular weight excluding hydrogens is 216 g/mol. The topological polar surface area (TPSA) is 46.7 Å². The smallest absolute Gasteiger partial charge is 0.169 e. The molecular formula is C14H14O3. The lowest BCUT2D eigenvalue weighted by atomic mass is 9.72. The summed E-state index contributed by atoms with van der Waals surface area (Å²) in [6, 6.07) is 0. The van der Waals surface area contributed by atoms with Crippen molar-refractivity contribution >= 4 is 11.6 Å². The number of Topliss-reactive ketones (excluding diaryl/α,β-unsaturated/α-hetero) is 2. The van der Waals surface area contributed by atoms with Gasteiger partial charge in [-0.3, -0.25) is 9.59 Å². The molecule has 1 heterocycles. The number of epoxide rings is 1. The molecule has 0 spiro atoms. The Balaban J connectivity index is 1.87. The Labute approximate surface area is 99.5 Å². The highest BCUT2D eigenvalue weighted by Gasteiger charge is 2.67. The van der Waals surface area contributed by atoms with Gasteiger partial charge in [0, 0.05) is 23.7 Å². The summed E-state index contributed by atoms with van der Waals surface area (Å²) in [5.74, 6) is 0.385. The van der Waals surface area contributed by atoms with Gasteiger partial charge >= 0.3 is 0 Å². The molecule has 3 nitrogen and oxygen atoms in total. The summed E-state index contributed by atoms with van der Waals surface area (Å²) in [6.07, 6.45) is 3.41. The fourth-order valence-electron chi connectivity index (χ4n) is 4.04. The Hall–Kier alpha value is -1.22. The number of hydrogen-bond acceptors (Lipinski definition) is 3. The summed E-state index contributed by atoms with van der Waals surface area (Å²) >= 11 is 0. The van der Waals surface area contributed by atoms with Crippen LogP contribution in [-0.2, 0) is 14.3 Å². The first-order valence-corrected chi connectivity index (χ1v) is 6.20. The van der Waals surface area contributed by atoms with Crippen LogP contribution in [0.15, 0.2) is 23.3 Å². The molecule has 3 heteroatoms. The SMILES string of the molecule is CC(C)=C1[C@H]2C=C[C@@H]1[C@H]1C(=O)[C@@H]3O[C@@H]3C(=O)[C@@H]12. The fourth-order valence-corrected chi connectivity index (χ4v) is 4.04. The van der Waals surface area contributed by atoms with Crippen molar-refractivity contribution in [2.24, 2.45) is 23.7 Å². The zero-order valence-electron chi connectivity index (χ0n) is 9.84. The molecule has 3 fully saturated rings. The lowest BCUT2D eigenvalue weighted by molar-refractivity contribution is -0.135. The van der Waals surface area contributed by atoms with Gasteiger partial charge in [0.05, 0.1) is 0 Å². The second kappa shape index (κ2) is 2.78. The number of hydrogen-bond donors (Lipinski definition) is 0. The molecule has 1 aliphatic heterocycles. The van der Waals surface area contributed by atoms with Crippen LogP contribution in [0.5, 0.6) is 0 Å². The summed E-state index contributed by atoms with van der Waals surface area (Å²) in [5, 5.41) is 0. The van der Waals surface area contributed by atoms with Gasteiger partial charge in [-0.1, -0.05) is 23.3 Å². The summed E-state index contributed by atoms with van der Waals surface area (Å²) < 4.78 is 5.22. The van der Waals surface area contributed by atoms with Gasteiger partial charge in [-0.25, -0.2) is 0 Å². The Kier molecular flexibility index (Phi) is 1.60. The average Bonchev–Trinajstić information content (AvgIpc) is 2.89. The fraction of sp³-hybridized carbons (Fsp3) is 0.571. The normalized spacial score (nSPS) is 49.4. The Morgan fingerprint density at radius 1 is 1.00 bits per heavy atom. The Morgan fingerprint density at radius 2 is 1.47 bits per heavy atom. The van der Waals surface area contributed by atoms with Crippen molar-refractivity contribution in [3.05, 3.63) is 23.3 Å². The second-order valence-corrected chi connectivity index (χ2v) is 5.73. The zero-order chi connectivity index (χ0) is 11.9. The van der Waals surface area contributed by atoms with Crippen LogP contribution in [0.4, 0.5) is 0 Å². The van der Waals surface area contributed by atoms with Gasteiger partial charge in [0.15, 0.2) is 23.8 Å². The molecule has 0 radical (unpaired) electrons. The molecule has 6 atom stereocenters. The molecule has 0 amide bonds. The molecule has 4 aliphatic rings. The highest BCUT2D eigenvalue weighted by atomic mass is 16.6. The van der Waals surface area contributed by atoms with Crippen LogP contribution >= 0.6 is 0 Å². The maximum absolute atomic E-state index is 12.2. The molecule has 0 aromatic rings. The van der Waals surface area contributed by atoms with E-state index in [-0.39, 0.29) is 35.2 Å². The zero-order valence-corrected chi connectivity index (χ0v) is 9.84. The third-order valence-corrected chi connectivity index (χ3v) is 4.69. The van der Waals surface area contributed by atoms with Crippen molar-refractivity contribution in [2.45, 2.75) is 26.1 Å². The monoisotopic (exact) mass is 230 g/mol. The predicted molar refractivity (Wildman–Crippen MR) is 60.1 cm³/mol. The summed E-state index contributed by atoms with van der Waals surface area (Å²) in [4.78, 5) is 24.4. The third-order valence-electron chi connectivity index (χ3n) is 4.69. The third kappa shape index (κ3) is 0.974. The lowest BCUT2D eigenvalue weighted by Crippen LogP contribution is -2.43. The number of rotatable bonds is 0. The van der Waals surface area contributed by atoms with E-state index in [2.05, 4.69) is 26.0 Å². The first-order chi connectivity index (χ1) is 8.11. The largest absolute Gasteiger partial charge is 0.353 e. The van der Waals surface area contributed by atoms with Gasteiger partial charge in [-0.05, 0) is 13.8 Å². The van der Waals surface area contributed by atoms with Crippen molar-refractivity contribution in [3.8, 4) is 0 Å². The number of carbonyl (C=O) groups excluding carboxylic acids is 2. The highest BCUT2D eigenvalue weighted by Crippen LogP contribution is 2.58. The molecule has 88 valence electrons. The standard InChI is InChI=1S/C14H14O3/c1-5(2)8-6-3-4-7(8)10-9(6)11(15)13-14(17-13)12(10)16/h3-4,6-7,9-10,13-14H,1-2H3/t6-,7+,9-,10-,13-,14+/m1/s1. The van der Waals surface area contributed by atoms with E-state index in [0.29, 0.717) is 0 Å². The van der Waals surface area contributed by atoms with Gasteiger partial charge in [0.25, 0.3) is 0 Å². The molecule has 2 saturated carbocycles. The van der Waals surface area contributed by atoms with E-state index in [9.17, 15) is 9.59 Å². The molecule has 1 saturated heterocycles. The van der Waals surface area contributed by atoms with E-state index >= 15 is 0 Å². The minimum absolute atomic E-state index is 0.133. The van der Waals surface area contributed by atoms with Crippen LogP contribution in [0.1, 0.15) is 13.8 Å². The van der Waals surface area contributed by atoms with Crippen molar-refractivity contribution < 1.29 is 14.3 Å². The van der Waals surface area contributed by atoms with Gasteiger partial charge in [0.2, 0.25) is 0 Å². The molecule has 4 rings (SSSR count). The van der Waals surface area contributed by atoms with Gasteiger partial charge in [-0.2, -0.15) is 0 Å². The molecule has 2 bridgehead atoms. The van der Waals surface area contributed by atoms with Crippen molar-refractivity contribution in [2.75, 3.05) is 0 Å². The first-order valence-electron chi connectivity index (χ1n) is 6.20. The highest BCUT2D eigenvalue weighted by molar-refractivity contribution is 6.07. The van der Waals surface area contributed by atoms with E-state index in [0.717, 1.165) is 0 Å². The Bertz CT molecular complexity index is 472. The minimum Gasteiger partial charge on any atom is -0.353 e. The van der Waals surface area contributed by atoms with Crippen molar-refractivity contribution in [1.29, 1.82) is 0 Å². The van der Waals surface area contributed by atoms with E-state index in [1.165, 1.54) is 11.1 Å². The molecule has 0 aromatic carbocycles. The maximum Gasteiger partial charge on any atom is 0.169 e. The van der Waals surface area contributed by atoms with Crippen molar-refractivity contribution in [1.82, 2.24) is 0 Å². The molecule has 3 aliphatic carbocycles. The van der Waals surface area contributed by atoms with Crippen LogP contribution in [0.2, 0.25) is 0 Å². The van der Waals surface area contributed by atoms with Crippen LogP contribution in [0.3, 0.4) is 0 Å². The second-order valence-electron chi connectivity index (χ2n) is 5.73. The van der Waals surface area contributed by atoms with Crippen LogP contribution < -0.4 is 0 Å². The van der Waals surface area contributed by atoms with E-state index in [1.807, 2.05) is 0 Å². The van der Waals surface area contributed by atoms with Gasteiger partial charge in [-0.15, -0.1) is 0 Å². The number of ether oxygens (including phenoxy) is 1. The van der Waals surface area contributed by atoms with Crippen LogP contribution in [0.25, 0.3) is 0 Å². The summed E-state index contributed by atoms with van der Waals surface area (Å²) in [5.41, 5.74) is 2.57. The molecule has 0 unspecified atom stereocenters. The minimum atomic E-state index is -0.407. The first kappa shape index (κ1) is 9.77. The van der Waals surface area contributed by atoms with E-state index in [1.54, 1.807) is 0 Å². The van der Waals surface area contributed by atoms with Gasteiger partial charge in [0.1, 0.15) is 0 Å². The quantitative estimate of drug-likeness (QED) is 0.465. The number of ketones is 2. The summed E-state index contributed by atoms with van der Waals surface area (Å²) in [7, 11) is 0. The average molecular weight is 230 g/mol.